The summed E-state index contributed by atoms with van der Waals surface area (Å²) in [5.74, 6) is 0.654. The molecule has 3 N–H and O–H groups in total. The van der Waals surface area contributed by atoms with Crippen LogP contribution in [0.15, 0.2) is 30.0 Å². The van der Waals surface area contributed by atoms with Crippen LogP contribution in [-0.2, 0) is 38.4 Å². The maximum absolute atomic E-state index is 12.8. The zero-order valence-electron chi connectivity index (χ0n) is 30.5. The molecule has 2 aliphatic carbocycles. The first kappa shape index (κ1) is 41.3. The van der Waals surface area contributed by atoms with Gasteiger partial charge in [0.05, 0.1) is 29.2 Å². The highest BCUT2D eigenvalue weighted by Crippen LogP contribution is 2.45. The number of carbonyl (C=O) groups is 3. The van der Waals surface area contributed by atoms with Crippen LogP contribution >= 0.6 is 46.4 Å². The lowest BCUT2D eigenvalue weighted by atomic mass is 9.75. The van der Waals surface area contributed by atoms with Crippen LogP contribution in [-0.4, -0.2) is 40.6 Å². The predicted molar refractivity (Wildman–Crippen MR) is 208 cm³/mol. The Kier molecular flexibility index (Phi) is 14.6. The highest BCUT2D eigenvalue weighted by molar-refractivity contribution is 6.38. The van der Waals surface area contributed by atoms with E-state index in [1.165, 1.54) is 0 Å². The van der Waals surface area contributed by atoms with Gasteiger partial charge in [-0.2, -0.15) is 0 Å². The second-order valence-electron chi connectivity index (χ2n) is 14.1. The lowest BCUT2D eigenvalue weighted by Gasteiger charge is -2.38. The zero-order chi connectivity index (χ0) is 37.5. The van der Waals surface area contributed by atoms with E-state index in [9.17, 15) is 19.5 Å². The lowest BCUT2D eigenvalue weighted by Crippen LogP contribution is -2.57. The van der Waals surface area contributed by atoms with Crippen molar-refractivity contribution in [2.24, 2.45) is 11.8 Å². The summed E-state index contributed by atoms with van der Waals surface area (Å²) in [6.45, 7) is 10.4. The summed E-state index contributed by atoms with van der Waals surface area (Å²) in [7, 11) is 0. The first-order valence-corrected chi connectivity index (χ1v) is 20.0. The molecule has 0 radical (unpaired) electrons. The van der Waals surface area contributed by atoms with Crippen molar-refractivity contribution in [1.82, 2.24) is 10.6 Å². The Morgan fingerprint density at radius 3 is 1.88 bits per heavy atom. The van der Waals surface area contributed by atoms with Crippen molar-refractivity contribution in [1.29, 1.82) is 0 Å². The third kappa shape index (κ3) is 9.38. The van der Waals surface area contributed by atoms with Crippen molar-refractivity contribution in [3.8, 4) is 0 Å². The minimum absolute atomic E-state index is 0.123. The normalized spacial score (nSPS) is 24.5. The number of aliphatic hydroxyl groups is 1. The van der Waals surface area contributed by atoms with Crippen LogP contribution in [0, 0.1) is 11.8 Å². The van der Waals surface area contributed by atoms with Gasteiger partial charge in [-0.1, -0.05) is 86.9 Å². The van der Waals surface area contributed by atoms with Crippen LogP contribution in [0.5, 0.6) is 0 Å². The molecule has 11 heteroatoms. The molecule has 51 heavy (non-hydrogen) atoms. The molecule has 1 spiro atoms. The standard InChI is InChI=1S/C21H29Cl2NO3.C19H23Cl2NO2/c1-4-14-7-9-21(10-8-14,20(26)27-6-3)24-19(25)13-17-15(5-2)11-16(22)12-18(17)23;1-3-11-5-7-19(8-6-11)17(23)16(18(24)22-19)15-12(4-2)9-13(20)10-14(15)21/h11-12,14H,4-10,13H2,1-3H3,(H,24,25);9-11,23H,3-8H2,1-2H3,(H,22,24). The summed E-state index contributed by atoms with van der Waals surface area (Å²) < 4.78 is 5.29. The minimum atomic E-state index is -0.927. The molecule has 2 saturated carbocycles. The predicted octanol–water partition coefficient (Wildman–Crippen LogP) is 10.4. The Morgan fingerprint density at radius 2 is 1.35 bits per heavy atom. The van der Waals surface area contributed by atoms with E-state index in [0.717, 1.165) is 74.5 Å². The van der Waals surface area contributed by atoms with Crippen molar-refractivity contribution in [3.63, 3.8) is 0 Å². The number of rotatable bonds is 10. The average Bonchev–Trinajstić information content (AvgIpc) is 3.33. The Bertz CT molecular complexity index is 1620. The number of carbonyl (C=O) groups excluding carboxylic acids is 3. The molecule has 5 rings (SSSR count). The maximum Gasteiger partial charge on any atom is 0.331 e. The van der Waals surface area contributed by atoms with E-state index >= 15 is 0 Å². The molecule has 1 aliphatic heterocycles. The summed E-state index contributed by atoms with van der Waals surface area (Å²) in [4.78, 5) is 38.2. The smallest absolute Gasteiger partial charge is 0.331 e. The van der Waals surface area contributed by atoms with Gasteiger partial charge in [0.25, 0.3) is 5.91 Å². The van der Waals surface area contributed by atoms with E-state index in [2.05, 4.69) is 24.5 Å². The molecule has 0 aromatic heterocycles. The molecular formula is C40H52Cl4N2O5. The zero-order valence-corrected chi connectivity index (χ0v) is 33.5. The number of aliphatic hydroxyl groups excluding tert-OH is 1. The van der Waals surface area contributed by atoms with E-state index in [-0.39, 0.29) is 30.0 Å². The van der Waals surface area contributed by atoms with Gasteiger partial charge in [-0.15, -0.1) is 0 Å². The third-order valence-corrected chi connectivity index (χ3v) is 12.2. The number of esters is 1. The van der Waals surface area contributed by atoms with Crippen LogP contribution in [0.3, 0.4) is 0 Å². The second kappa shape index (κ2) is 18.1. The van der Waals surface area contributed by atoms with Gasteiger partial charge in [-0.3, -0.25) is 9.59 Å². The number of hydrogen-bond donors (Lipinski definition) is 3. The molecule has 3 aliphatic rings. The topological polar surface area (TPSA) is 105 Å². The Labute approximate surface area is 323 Å². The Morgan fingerprint density at radius 1 is 0.824 bits per heavy atom. The van der Waals surface area contributed by atoms with Gasteiger partial charge in [0.15, 0.2) is 0 Å². The van der Waals surface area contributed by atoms with E-state index in [1.54, 1.807) is 19.1 Å². The lowest BCUT2D eigenvalue weighted by molar-refractivity contribution is -0.155. The summed E-state index contributed by atoms with van der Waals surface area (Å²) >= 11 is 24.9. The maximum atomic E-state index is 12.8. The number of hydrogen-bond acceptors (Lipinski definition) is 5. The first-order valence-electron chi connectivity index (χ1n) is 18.5. The fourth-order valence-corrected chi connectivity index (χ4v) is 9.15. The summed E-state index contributed by atoms with van der Waals surface area (Å²) in [5.41, 5.74) is 1.99. The fourth-order valence-electron chi connectivity index (χ4n) is 7.91. The minimum Gasteiger partial charge on any atom is -0.509 e. The SMILES string of the molecule is CCOC(=O)C1(NC(=O)Cc2c(Cl)cc(Cl)cc2CC)CCC(CC)CC1.CCc1cc(Cl)cc(Cl)c1C1=C(O)C2(CCC(CC)CC2)NC1=O. The van der Waals surface area contributed by atoms with Crippen LogP contribution in [0.2, 0.25) is 20.1 Å². The number of halogens is 4. The third-order valence-electron chi connectivity index (χ3n) is 11.1. The molecule has 0 unspecified atom stereocenters. The molecule has 0 atom stereocenters. The number of ether oxygens (including phenoxy) is 1. The van der Waals surface area contributed by atoms with Crippen LogP contribution in [0.25, 0.3) is 5.57 Å². The van der Waals surface area contributed by atoms with E-state index in [0.29, 0.717) is 68.9 Å². The van der Waals surface area contributed by atoms with Gasteiger partial charge in [0.2, 0.25) is 5.91 Å². The van der Waals surface area contributed by atoms with Crippen molar-refractivity contribution >= 4 is 69.8 Å². The molecule has 280 valence electrons. The largest absolute Gasteiger partial charge is 0.509 e. The molecule has 7 nitrogen and oxygen atoms in total. The Balaban J connectivity index is 0.000000230. The number of nitrogens with one attached hydrogen (secondary N) is 2. The highest BCUT2D eigenvalue weighted by atomic mass is 35.5. The fraction of sp³-hybridized carbons (Fsp3) is 0.575. The van der Waals surface area contributed by atoms with Crippen LogP contribution < -0.4 is 10.6 Å². The van der Waals surface area contributed by atoms with Gasteiger partial charge in [-0.25, -0.2) is 4.79 Å². The van der Waals surface area contributed by atoms with Crippen LogP contribution in [0.1, 0.15) is 121 Å². The average molecular weight is 783 g/mol. The number of benzene rings is 2. The van der Waals surface area contributed by atoms with Gasteiger partial charge >= 0.3 is 5.97 Å². The second-order valence-corrected chi connectivity index (χ2v) is 15.8. The molecule has 2 fully saturated rings. The van der Waals surface area contributed by atoms with Crippen molar-refractivity contribution in [3.05, 3.63) is 72.4 Å². The summed E-state index contributed by atoms with van der Waals surface area (Å²) in [6.07, 6.45) is 10.4. The molecule has 1 heterocycles. The van der Waals surface area contributed by atoms with Crippen molar-refractivity contribution in [2.75, 3.05) is 6.61 Å². The highest BCUT2D eigenvalue weighted by Gasteiger charge is 2.48. The first-order chi connectivity index (χ1) is 24.3. The van der Waals surface area contributed by atoms with E-state index < -0.39 is 11.1 Å². The van der Waals surface area contributed by atoms with Gasteiger partial charge in [0, 0.05) is 20.6 Å². The summed E-state index contributed by atoms with van der Waals surface area (Å²) in [5, 5.41) is 19.0. The molecule has 2 amide bonds. The van der Waals surface area contributed by atoms with Crippen molar-refractivity contribution < 1.29 is 24.2 Å². The molecule has 0 saturated heterocycles. The molecule has 2 aromatic carbocycles. The van der Waals surface area contributed by atoms with Crippen molar-refractivity contribution in [2.45, 2.75) is 129 Å². The van der Waals surface area contributed by atoms with Crippen LogP contribution in [0.4, 0.5) is 0 Å². The summed E-state index contributed by atoms with van der Waals surface area (Å²) in [6, 6.07) is 6.93. The van der Waals surface area contributed by atoms with E-state index in [4.69, 9.17) is 51.1 Å². The number of aryl methyl sites for hydroxylation is 2. The van der Waals surface area contributed by atoms with E-state index in [1.807, 2.05) is 26.0 Å². The van der Waals surface area contributed by atoms with Gasteiger partial charge < -0.3 is 20.5 Å². The Hall–Kier alpha value is -2.45. The molecular weight excluding hydrogens is 730 g/mol. The monoisotopic (exact) mass is 780 g/mol. The molecule has 2 aromatic rings. The number of amides is 2. The molecule has 0 bridgehead atoms. The van der Waals surface area contributed by atoms with Gasteiger partial charge in [0.1, 0.15) is 11.3 Å². The quantitative estimate of drug-likeness (QED) is 0.208. The van der Waals surface area contributed by atoms with Gasteiger partial charge in [-0.05, 0) is 124 Å².